The van der Waals surface area contributed by atoms with Gasteiger partial charge in [0.15, 0.2) is 0 Å². The molecule has 140 valence electrons. The summed E-state index contributed by atoms with van der Waals surface area (Å²) >= 11 is 0. The van der Waals surface area contributed by atoms with E-state index in [-0.39, 0.29) is 18.4 Å². The Hall–Kier alpha value is -2.32. The third-order valence-electron chi connectivity index (χ3n) is 4.72. The number of rotatable bonds is 5. The molecule has 1 fully saturated rings. The van der Waals surface area contributed by atoms with E-state index < -0.39 is 0 Å². The summed E-state index contributed by atoms with van der Waals surface area (Å²) in [7, 11) is 5.99. The molecule has 26 heavy (non-hydrogen) atoms. The average molecular weight is 358 g/mol. The number of piperidine rings is 1. The van der Waals surface area contributed by atoms with E-state index in [4.69, 9.17) is 0 Å². The quantitative estimate of drug-likeness (QED) is 0.850. The highest BCUT2D eigenvalue weighted by Gasteiger charge is 2.29. The Morgan fingerprint density at radius 2 is 2.15 bits per heavy atom. The summed E-state index contributed by atoms with van der Waals surface area (Å²) in [5.41, 5.74) is 0.884. The number of nitrogens with zero attached hydrogens (tertiary/aromatic N) is 6. The van der Waals surface area contributed by atoms with Crippen LogP contribution in [0.4, 0.5) is 0 Å². The van der Waals surface area contributed by atoms with Crippen LogP contribution in [0.5, 0.6) is 0 Å². The molecule has 0 aliphatic carbocycles. The molecule has 3 rings (SSSR count). The van der Waals surface area contributed by atoms with Gasteiger partial charge in [-0.3, -0.25) is 4.79 Å². The number of pyridine rings is 1. The summed E-state index contributed by atoms with van der Waals surface area (Å²) in [5.74, 6) is 1.92. The summed E-state index contributed by atoms with van der Waals surface area (Å²) in [5, 5.41) is 17.9. The minimum Gasteiger partial charge on any atom is -0.390 e. The first-order valence-corrected chi connectivity index (χ1v) is 8.88. The zero-order chi connectivity index (χ0) is 18.7. The Bertz CT molecular complexity index is 773. The minimum atomic E-state index is -0.169. The highest BCUT2D eigenvalue weighted by molar-refractivity contribution is 5.92. The molecular weight excluding hydrogens is 332 g/mol. The molecule has 2 aromatic rings. The van der Waals surface area contributed by atoms with Gasteiger partial charge >= 0.3 is 0 Å². The first-order valence-electron chi connectivity index (χ1n) is 8.88. The van der Waals surface area contributed by atoms with E-state index in [0.29, 0.717) is 24.5 Å². The lowest BCUT2D eigenvalue weighted by molar-refractivity contribution is 0.0697. The first-order chi connectivity index (χ1) is 12.5. The average Bonchev–Trinajstić information content (AvgIpc) is 3.01. The van der Waals surface area contributed by atoms with Crippen LogP contribution in [-0.4, -0.2) is 67.7 Å². The normalized spacial score (nSPS) is 17.7. The number of hydrogen-bond acceptors (Lipinski definition) is 6. The Kier molecular flexibility index (Phi) is 5.63. The van der Waals surface area contributed by atoms with Crippen LogP contribution in [0.25, 0.3) is 0 Å². The van der Waals surface area contributed by atoms with Crippen molar-refractivity contribution in [1.82, 2.24) is 29.5 Å². The highest BCUT2D eigenvalue weighted by atomic mass is 16.3. The van der Waals surface area contributed by atoms with Crippen molar-refractivity contribution in [2.24, 2.45) is 7.05 Å². The van der Waals surface area contributed by atoms with Gasteiger partial charge in [0.2, 0.25) is 0 Å². The van der Waals surface area contributed by atoms with Gasteiger partial charge in [0.1, 0.15) is 17.3 Å². The predicted octanol–water partition coefficient (Wildman–Crippen LogP) is 0.784. The summed E-state index contributed by atoms with van der Waals surface area (Å²) in [4.78, 5) is 20.9. The van der Waals surface area contributed by atoms with Gasteiger partial charge in [-0.05, 0) is 39.1 Å². The van der Waals surface area contributed by atoms with Gasteiger partial charge in [-0.25, -0.2) is 4.98 Å². The summed E-state index contributed by atoms with van der Waals surface area (Å²) in [6, 6.07) is 5.16. The number of aromatic nitrogens is 4. The van der Waals surface area contributed by atoms with Crippen molar-refractivity contribution in [2.45, 2.75) is 31.9 Å². The van der Waals surface area contributed by atoms with Crippen molar-refractivity contribution in [1.29, 1.82) is 0 Å². The van der Waals surface area contributed by atoms with E-state index >= 15 is 0 Å². The molecule has 3 heterocycles. The molecule has 0 spiro atoms. The number of amides is 1. The van der Waals surface area contributed by atoms with Crippen LogP contribution in [0, 0.1) is 0 Å². The molecule has 1 unspecified atom stereocenters. The zero-order valence-electron chi connectivity index (χ0n) is 15.6. The number of likely N-dealkylation sites (tertiary alicyclic amines) is 1. The van der Waals surface area contributed by atoms with Crippen molar-refractivity contribution in [3.8, 4) is 0 Å². The zero-order valence-corrected chi connectivity index (χ0v) is 15.6. The van der Waals surface area contributed by atoms with E-state index in [1.165, 1.54) is 0 Å². The van der Waals surface area contributed by atoms with Crippen LogP contribution in [0.2, 0.25) is 0 Å². The number of aliphatic hydroxyl groups excluding tert-OH is 1. The van der Waals surface area contributed by atoms with E-state index in [2.05, 4.69) is 20.1 Å². The van der Waals surface area contributed by atoms with E-state index in [9.17, 15) is 9.90 Å². The van der Waals surface area contributed by atoms with Gasteiger partial charge in [0.05, 0.1) is 18.8 Å². The third-order valence-corrected chi connectivity index (χ3v) is 4.72. The maximum atomic E-state index is 12.8. The maximum absolute atomic E-state index is 12.8. The van der Waals surface area contributed by atoms with E-state index in [1.54, 1.807) is 18.2 Å². The molecule has 8 heteroatoms. The Labute approximate surface area is 153 Å². The molecule has 1 saturated heterocycles. The van der Waals surface area contributed by atoms with Gasteiger partial charge in [-0.15, -0.1) is 10.2 Å². The minimum absolute atomic E-state index is 0.0966. The number of aliphatic hydroxyl groups is 1. The lowest BCUT2D eigenvalue weighted by Gasteiger charge is -2.32. The van der Waals surface area contributed by atoms with Crippen molar-refractivity contribution in [3.05, 3.63) is 41.2 Å². The van der Waals surface area contributed by atoms with E-state index in [0.717, 1.165) is 31.0 Å². The molecule has 8 nitrogen and oxygen atoms in total. The van der Waals surface area contributed by atoms with Crippen molar-refractivity contribution in [2.75, 3.05) is 27.2 Å². The Morgan fingerprint density at radius 3 is 2.88 bits per heavy atom. The molecule has 2 aromatic heterocycles. The fourth-order valence-electron chi connectivity index (χ4n) is 3.37. The second-order valence-corrected chi connectivity index (χ2v) is 7.03. The SMILES string of the molecule is CN(C)Cc1nnc(C2CCCN(C(=O)c3cccc(CO)n3)C2)n1C. The van der Waals surface area contributed by atoms with Crippen LogP contribution >= 0.6 is 0 Å². The van der Waals surface area contributed by atoms with Crippen LogP contribution < -0.4 is 0 Å². The van der Waals surface area contributed by atoms with Gasteiger partial charge in [-0.2, -0.15) is 0 Å². The second kappa shape index (κ2) is 7.92. The van der Waals surface area contributed by atoms with Crippen molar-refractivity contribution in [3.63, 3.8) is 0 Å². The number of hydrogen-bond donors (Lipinski definition) is 1. The summed E-state index contributed by atoms with van der Waals surface area (Å²) in [6.07, 6.45) is 1.91. The molecule has 1 aliphatic heterocycles. The van der Waals surface area contributed by atoms with Crippen LogP contribution in [0.15, 0.2) is 18.2 Å². The molecule has 0 radical (unpaired) electrons. The predicted molar refractivity (Wildman–Crippen MR) is 96.4 cm³/mol. The van der Waals surface area contributed by atoms with Crippen molar-refractivity contribution < 1.29 is 9.90 Å². The molecule has 0 saturated carbocycles. The highest BCUT2D eigenvalue weighted by Crippen LogP contribution is 2.26. The fourth-order valence-corrected chi connectivity index (χ4v) is 3.37. The monoisotopic (exact) mass is 358 g/mol. The first kappa shape index (κ1) is 18.5. The standard InChI is InChI=1S/C18H26N6O2/c1-22(2)11-16-20-21-17(23(16)3)13-6-5-9-24(10-13)18(26)15-8-4-7-14(12-25)19-15/h4,7-8,13,25H,5-6,9-12H2,1-3H3. The van der Waals surface area contributed by atoms with Crippen LogP contribution in [0.3, 0.4) is 0 Å². The number of carbonyl (C=O) groups is 1. The van der Waals surface area contributed by atoms with Crippen molar-refractivity contribution >= 4 is 5.91 Å². The maximum Gasteiger partial charge on any atom is 0.272 e. The van der Waals surface area contributed by atoms with Gasteiger partial charge in [0.25, 0.3) is 5.91 Å². The van der Waals surface area contributed by atoms with Crippen LogP contribution in [0.1, 0.15) is 46.6 Å². The van der Waals surface area contributed by atoms with Gasteiger partial charge in [-0.1, -0.05) is 6.07 Å². The van der Waals surface area contributed by atoms with E-state index in [1.807, 2.05) is 30.6 Å². The molecular formula is C18H26N6O2. The third kappa shape index (κ3) is 3.91. The van der Waals surface area contributed by atoms with Crippen LogP contribution in [-0.2, 0) is 20.2 Å². The largest absolute Gasteiger partial charge is 0.390 e. The Balaban J connectivity index is 1.75. The number of carbonyl (C=O) groups excluding carboxylic acids is 1. The van der Waals surface area contributed by atoms with Gasteiger partial charge < -0.3 is 19.5 Å². The lowest BCUT2D eigenvalue weighted by Crippen LogP contribution is -2.40. The molecule has 1 atom stereocenters. The smallest absolute Gasteiger partial charge is 0.272 e. The molecule has 1 N–H and O–H groups in total. The topological polar surface area (TPSA) is 87.4 Å². The fraction of sp³-hybridized carbons (Fsp3) is 0.556. The second-order valence-electron chi connectivity index (χ2n) is 7.03. The summed E-state index contributed by atoms with van der Waals surface area (Å²) < 4.78 is 2.04. The molecule has 1 aliphatic rings. The van der Waals surface area contributed by atoms with Gasteiger partial charge in [0, 0.05) is 26.1 Å². The Morgan fingerprint density at radius 1 is 1.35 bits per heavy atom. The molecule has 1 amide bonds. The molecule has 0 aromatic carbocycles. The molecule has 0 bridgehead atoms. The summed E-state index contributed by atoms with van der Waals surface area (Å²) in [6.45, 7) is 1.88. The lowest BCUT2D eigenvalue weighted by atomic mass is 9.97.